The summed E-state index contributed by atoms with van der Waals surface area (Å²) in [5.41, 5.74) is 3.47. The molecule has 0 atom stereocenters. The monoisotopic (exact) mass is 520 g/mol. The highest BCUT2D eigenvalue weighted by Crippen LogP contribution is 2.33. The highest BCUT2D eigenvalue weighted by molar-refractivity contribution is 6.04. The fraction of sp³-hybridized carbons (Fsp3) is 0.483. The first kappa shape index (κ1) is 26.2. The van der Waals surface area contributed by atoms with Crippen molar-refractivity contribution in [2.24, 2.45) is 5.10 Å². The van der Waals surface area contributed by atoms with Gasteiger partial charge in [-0.15, -0.1) is 0 Å². The van der Waals surface area contributed by atoms with Crippen molar-refractivity contribution in [2.45, 2.75) is 51.2 Å². The third kappa shape index (κ3) is 6.71. The van der Waals surface area contributed by atoms with Crippen LogP contribution in [0, 0.1) is 0 Å². The molecule has 1 N–H and O–H groups in total. The number of nitrogens with zero attached hydrogens (tertiary/aromatic N) is 3. The molecule has 2 aliphatic heterocycles. The molecule has 0 radical (unpaired) electrons. The number of hydrogen-bond donors (Lipinski definition) is 1. The van der Waals surface area contributed by atoms with Gasteiger partial charge in [-0.2, -0.15) is 5.10 Å². The Bertz CT molecular complexity index is 1150. The van der Waals surface area contributed by atoms with Gasteiger partial charge in [0, 0.05) is 37.2 Å². The number of methoxy groups -OCH3 is 1. The highest BCUT2D eigenvalue weighted by Gasteiger charge is 2.24. The molecule has 1 aliphatic carbocycles. The number of carbonyl (C=O) groups excluding carboxylic acids is 2. The van der Waals surface area contributed by atoms with E-state index in [0.717, 1.165) is 54.2 Å². The average molecular weight is 521 g/mol. The molecule has 2 aromatic carbocycles. The summed E-state index contributed by atoms with van der Waals surface area (Å²) in [6.07, 6.45) is 5.71. The van der Waals surface area contributed by atoms with E-state index in [1.165, 1.54) is 17.9 Å². The van der Waals surface area contributed by atoms with Crippen LogP contribution in [0.5, 0.6) is 11.5 Å². The Hall–Kier alpha value is -3.43. The van der Waals surface area contributed by atoms with E-state index < -0.39 is 0 Å². The second kappa shape index (κ2) is 12.4. The molecular formula is C29H36N4O5. The Morgan fingerprint density at radius 1 is 1.05 bits per heavy atom. The Balaban J connectivity index is 1.23. The maximum absolute atomic E-state index is 12.7. The molecule has 2 aromatic rings. The molecule has 9 nitrogen and oxygen atoms in total. The lowest BCUT2D eigenvalue weighted by atomic mass is 10.0. The summed E-state index contributed by atoms with van der Waals surface area (Å²) >= 11 is 0. The second-order valence-electron chi connectivity index (χ2n) is 10.0. The van der Waals surface area contributed by atoms with E-state index in [-0.39, 0.29) is 17.9 Å². The number of carbonyl (C=O) groups is 2. The van der Waals surface area contributed by atoms with Crippen LogP contribution in [0.15, 0.2) is 47.6 Å². The van der Waals surface area contributed by atoms with Gasteiger partial charge in [0.05, 0.1) is 45.2 Å². The summed E-state index contributed by atoms with van der Waals surface area (Å²) in [5.74, 6) is 1.39. The fourth-order valence-corrected chi connectivity index (χ4v) is 5.09. The molecule has 0 spiro atoms. The fourth-order valence-electron chi connectivity index (χ4n) is 5.09. The van der Waals surface area contributed by atoms with Gasteiger partial charge in [-0.1, -0.05) is 12.1 Å². The van der Waals surface area contributed by atoms with Crippen LogP contribution in [0.3, 0.4) is 0 Å². The van der Waals surface area contributed by atoms with Gasteiger partial charge in [0.2, 0.25) is 11.8 Å². The second-order valence-corrected chi connectivity index (χ2v) is 10.0. The lowest BCUT2D eigenvalue weighted by Gasteiger charge is -2.26. The number of morpholine rings is 1. The van der Waals surface area contributed by atoms with E-state index in [4.69, 9.17) is 19.3 Å². The SMILES string of the molecule is COc1ccc(C2=NN(Cc3ccc(NC(=O)CN4CCOCC4)cc3)C(=O)CC2)cc1OC1CCCC1. The Labute approximate surface area is 223 Å². The summed E-state index contributed by atoms with van der Waals surface area (Å²) in [4.78, 5) is 27.1. The summed E-state index contributed by atoms with van der Waals surface area (Å²) < 4.78 is 17.1. The van der Waals surface area contributed by atoms with Crippen molar-refractivity contribution in [3.05, 3.63) is 53.6 Å². The molecule has 5 rings (SSSR count). The van der Waals surface area contributed by atoms with E-state index >= 15 is 0 Å². The summed E-state index contributed by atoms with van der Waals surface area (Å²) in [7, 11) is 1.65. The van der Waals surface area contributed by atoms with Crippen molar-refractivity contribution in [3.63, 3.8) is 0 Å². The van der Waals surface area contributed by atoms with E-state index in [0.29, 0.717) is 44.9 Å². The van der Waals surface area contributed by atoms with Crippen molar-refractivity contribution >= 4 is 23.2 Å². The molecule has 2 fully saturated rings. The zero-order valence-electron chi connectivity index (χ0n) is 22.0. The van der Waals surface area contributed by atoms with Gasteiger partial charge >= 0.3 is 0 Å². The van der Waals surface area contributed by atoms with Crippen LogP contribution in [0.25, 0.3) is 0 Å². The average Bonchev–Trinajstić information content (AvgIpc) is 3.45. The van der Waals surface area contributed by atoms with Gasteiger partial charge < -0.3 is 19.5 Å². The zero-order chi connectivity index (χ0) is 26.3. The third-order valence-electron chi connectivity index (χ3n) is 7.24. The van der Waals surface area contributed by atoms with Crippen LogP contribution < -0.4 is 14.8 Å². The number of hydrazone groups is 1. The lowest BCUT2D eigenvalue weighted by molar-refractivity contribution is -0.132. The highest BCUT2D eigenvalue weighted by atomic mass is 16.5. The van der Waals surface area contributed by atoms with Crippen LogP contribution in [0.1, 0.15) is 49.7 Å². The largest absolute Gasteiger partial charge is 0.493 e. The predicted molar refractivity (Wildman–Crippen MR) is 145 cm³/mol. The molecule has 2 amide bonds. The molecule has 202 valence electrons. The number of hydrogen-bond acceptors (Lipinski definition) is 7. The number of nitrogens with one attached hydrogen (secondary N) is 1. The number of benzene rings is 2. The number of anilines is 1. The zero-order valence-corrected chi connectivity index (χ0v) is 22.0. The molecule has 0 unspecified atom stereocenters. The lowest BCUT2D eigenvalue weighted by Crippen LogP contribution is -2.41. The molecule has 0 bridgehead atoms. The maximum atomic E-state index is 12.7. The predicted octanol–water partition coefficient (Wildman–Crippen LogP) is 3.81. The summed E-state index contributed by atoms with van der Waals surface area (Å²) in [5, 5.41) is 9.19. The van der Waals surface area contributed by atoms with Crippen molar-refractivity contribution in [2.75, 3.05) is 45.3 Å². The van der Waals surface area contributed by atoms with Crippen molar-refractivity contribution < 1.29 is 23.8 Å². The van der Waals surface area contributed by atoms with Crippen LogP contribution in [0.2, 0.25) is 0 Å². The molecule has 1 saturated heterocycles. The van der Waals surface area contributed by atoms with Crippen LogP contribution in [-0.4, -0.2) is 73.5 Å². The molecule has 1 saturated carbocycles. The Kier molecular flexibility index (Phi) is 8.55. The van der Waals surface area contributed by atoms with Gasteiger partial charge in [0.25, 0.3) is 0 Å². The molecule has 2 heterocycles. The first-order chi connectivity index (χ1) is 18.6. The van der Waals surface area contributed by atoms with E-state index in [2.05, 4.69) is 10.2 Å². The maximum Gasteiger partial charge on any atom is 0.243 e. The minimum atomic E-state index is -0.0455. The first-order valence-electron chi connectivity index (χ1n) is 13.5. The van der Waals surface area contributed by atoms with Gasteiger partial charge in [0.15, 0.2) is 11.5 Å². The van der Waals surface area contributed by atoms with Crippen LogP contribution >= 0.6 is 0 Å². The quantitative estimate of drug-likeness (QED) is 0.541. The van der Waals surface area contributed by atoms with Gasteiger partial charge in [0.1, 0.15) is 0 Å². The topological polar surface area (TPSA) is 92.7 Å². The number of ether oxygens (including phenoxy) is 3. The normalized spacial score (nSPS) is 18.8. The minimum Gasteiger partial charge on any atom is -0.493 e. The molecular weight excluding hydrogens is 484 g/mol. The van der Waals surface area contributed by atoms with Gasteiger partial charge in [-0.25, -0.2) is 5.01 Å². The smallest absolute Gasteiger partial charge is 0.243 e. The molecule has 3 aliphatic rings. The van der Waals surface area contributed by atoms with Crippen LogP contribution in [-0.2, 0) is 20.9 Å². The number of amides is 2. The van der Waals surface area contributed by atoms with E-state index in [9.17, 15) is 9.59 Å². The van der Waals surface area contributed by atoms with Crippen LogP contribution in [0.4, 0.5) is 5.69 Å². The Morgan fingerprint density at radius 2 is 1.82 bits per heavy atom. The summed E-state index contributed by atoms with van der Waals surface area (Å²) in [6, 6.07) is 13.4. The van der Waals surface area contributed by atoms with E-state index in [1.807, 2.05) is 42.5 Å². The molecule has 38 heavy (non-hydrogen) atoms. The third-order valence-corrected chi connectivity index (χ3v) is 7.24. The molecule has 0 aromatic heterocycles. The Morgan fingerprint density at radius 3 is 2.55 bits per heavy atom. The minimum absolute atomic E-state index is 0.00687. The standard InChI is InChI=1S/C29H36N4O5/c1-36-26-12-8-22(18-27(26)38-24-4-2-3-5-24)25-11-13-29(35)33(31-25)19-21-6-9-23(10-7-21)30-28(34)20-32-14-16-37-17-15-32/h6-10,12,18,24H,2-5,11,13-17,19-20H2,1H3,(H,30,34). The van der Waals surface area contributed by atoms with Crippen molar-refractivity contribution in [3.8, 4) is 11.5 Å². The summed E-state index contributed by atoms with van der Waals surface area (Å²) in [6.45, 7) is 3.58. The van der Waals surface area contributed by atoms with Gasteiger partial charge in [-0.05, 0) is 61.6 Å². The van der Waals surface area contributed by atoms with Gasteiger partial charge in [-0.3, -0.25) is 14.5 Å². The number of rotatable bonds is 9. The molecule has 9 heteroatoms. The van der Waals surface area contributed by atoms with E-state index in [1.54, 1.807) is 7.11 Å². The van der Waals surface area contributed by atoms with Crippen molar-refractivity contribution in [1.29, 1.82) is 0 Å². The van der Waals surface area contributed by atoms with Crippen molar-refractivity contribution in [1.82, 2.24) is 9.91 Å². The first-order valence-corrected chi connectivity index (χ1v) is 13.5.